The van der Waals surface area contributed by atoms with Crippen LogP contribution < -0.4 is 5.43 Å². The number of nitrogens with one attached hydrogen (secondary N) is 2. The van der Waals surface area contributed by atoms with Crippen LogP contribution >= 0.6 is 47.4 Å². The number of aromatic amines is 1. The van der Waals surface area contributed by atoms with Crippen LogP contribution in [0.1, 0.15) is 5.82 Å². The molecule has 1 amide bonds. The number of H-pyrrole nitrogens is 1. The molecule has 19 heavy (non-hydrogen) atoms. The molecule has 1 aromatic heterocycles. The number of hydrogen-bond donors (Lipinski definition) is 2. The summed E-state index contributed by atoms with van der Waals surface area (Å²) in [6.07, 6.45) is 0. The molecule has 1 aliphatic heterocycles. The predicted molar refractivity (Wildman–Crippen MR) is 80.9 cm³/mol. The lowest BCUT2D eigenvalue weighted by Gasteiger charge is -2.08. The van der Waals surface area contributed by atoms with Gasteiger partial charge >= 0.3 is 0 Å². The number of rotatable bonds is 1. The number of nitrogens with zero attached hydrogens (tertiary/aromatic N) is 2. The van der Waals surface area contributed by atoms with Crippen LogP contribution in [0.4, 0.5) is 4.79 Å². The number of benzene rings is 1. The average molecular weight is 338 g/mol. The fourth-order valence-electron chi connectivity index (χ4n) is 1.57. The van der Waals surface area contributed by atoms with Gasteiger partial charge < -0.3 is 4.98 Å². The first kappa shape index (κ1) is 14.5. The zero-order chi connectivity index (χ0) is 12.7. The van der Waals surface area contributed by atoms with E-state index >= 15 is 0 Å². The molecular formula is C10H7Cl3N4OS. The number of halogens is 3. The molecule has 3 rings (SSSR count). The van der Waals surface area contributed by atoms with E-state index in [9.17, 15) is 4.79 Å². The number of fused-ring (bicyclic) bond motifs is 1. The SMILES string of the molecule is Cl.O=C1NN=C(c2nc3cc(Cl)c(Cl)cc3[nH]2)CS1. The molecular weight excluding hydrogens is 331 g/mol. The average Bonchev–Trinajstić information content (AvgIpc) is 2.73. The second-order valence-electron chi connectivity index (χ2n) is 3.62. The van der Waals surface area contributed by atoms with Gasteiger partial charge in [-0.1, -0.05) is 35.0 Å². The number of amides is 1. The Morgan fingerprint density at radius 1 is 1.26 bits per heavy atom. The Morgan fingerprint density at radius 2 is 2.00 bits per heavy atom. The third-order valence-electron chi connectivity index (χ3n) is 2.42. The first-order chi connectivity index (χ1) is 8.63. The van der Waals surface area contributed by atoms with Gasteiger partial charge in [-0.15, -0.1) is 12.4 Å². The molecule has 100 valence electrons. The Bertz CT molecular complexity index is 646. The highest BCUT2D eigenvalue weighted by molar-refractivity contribution is 8.14. The van der Waals surface area contributed by atoms with E-state index < -0.39 is 0 Å². The van der Waals surface area contributed by atoms with Crippen LogP contribution in [-0.4, -0.2) is 26.7 Å². The molecule has 0 aliphatic carbocycles. The fraction of sp³-hybridized carbons (Fsp3) is 0.100. The molecule has 5 nitrogen and oxygen atoms in total. The smallest absolute Gasteiger partial charge is 0.299 e. The highest BCUT2D eigenvalue weighted by atomic mass is 35.5. The molecule has 2 aromatic rings. The van der Waals surface area contributed by atoms with E-state index in [1.165, 1.54) is 0 Å². The van der Waals surface area contributed by atoms with E-state index in [4.69, 9.17) is 23.2 Å². The molecule has 0 spiro atoms. The number of carbonyl (C=O) groups is 1. The fourth-order valence-corrected chi connectivity index (χ4v) is 2.48. The molecule has 0 radical (unpaired) electrons. The van der Waals surface area contributed by atoms with Gasteiger partial charge in [0.2, 0.25) is 0 Å². The van der Waals surface area contributed by atoms with Gasteiger partial charge in [0.25, 0.3) is 5.24 Å². The third kappa shape index (κ3) is 2.81. The van der Waals surface area contributed by atoms with Crippen molar-refractivity contribution in [1.82, 2.24) is 15.4 Å². The van der Waals surface area contributed by atoms with Crippen LogP contribution in [0.25, 0.3) is 11.0 Å². The van der Waals surface area contributed by atoms with Crippen LogP contribution in [-0.2, 0) is 0 Å². The number of hydrazone groups is 1. The first-order valence-corrected chi connectivity index (χ1v) is 6.72. The van der Waals surface area contributed by atoms with E-state index in [1.807, 2.05) is 0 Å². The largest absolute Gasteiger partial charge is 0.337 e. The maximum Gasteiger partial charge on any atom is 0.299 e. The molecule has 0 saturated carbocycles. The van der Waals surface area contributed by atoms with E-state index in [0.29, 0.717) is 32.9 Å². The van der Waals surface area contributed by atoms with Gasteiger partial charge in [0.15, 0.2) is 5.82 Å². The quantitative estimate of drug-likeness (QED) is 0.837. The molecule has 2 N–H and O–H groups in total. The van der Waals surface area contributed by atoms with Gasteiger partial charge in [-0.3, -0.25) is 4.79 Å². The van der Waals surface area contributed by atoms with Gasteiger partial charge in [-0.25, -0.2) is 10.4 Å². The minimum absolute atomic E-state index is 0. The number of aromatic nitrogens is 2. The van der Waals surface area contributed by atoms with E-state index in [-0.39, 0.29) is 17.6 Å². The summed E-state index contributed by atoms with van der Waals surface area (Å²) in [4.78, 5) is 18.4. The lowest BCUT2D eigenvalue weighted by molar-refractivity contribution is 0.261. The van der Waals surface area contributed by atoms with E-state index in [1.54, 1.807) is 12.1 Å². The summed E-state index contributed by atoms with van der Waals surface area (Å²) >= 11 is 13.0. The lowest BCUT2D eigenvalue weighted by Crippen LogP contribution is -2.24. The molecule has 0 unspecified atom stereocenters. The van der Waals surface area contributed by atoms with E-state index in [0.717, 1.165) is 17.3 Å². The predicted octanol–water partition coefficient (Wildman–Crippen LogP) is 3.45. The van der Waals surface area contributed by atoms with Crippen LogP contribution in [0, 0.1) is 0 Å². The monoisotopic (exact) mass is 336 g/mol. The van der Waals surface area contributed by atoms with Crippen molar-refractivity contribution in [3.05, 3.63) is 28.0 Å². The summed E-state index contributed by atoms with van der Waals surface area (Å²) in [6.45, 7) is 0. The van der Waals surface area contributed by atoms with Crippen molar-refractivity contribution in [2.75, 3.05) is 5.75 Å². The molecule has 0 saturated heterocycles. The van der Waals surface area contributed by atoms with Crippen LogP contribution in [0.5, 0.6) is 0 Å². The second kappa shape index (κ2) is 5.58. The summed E-state index contributed by atoms with van der Waals surface area (Å²) in [7, 11) is 0. The van der Waals surface area contributed by atoms with Gasteiger partial charge in [-0.2, -0.15) is 5.10 Å². The molecule has 0 fully saturated rings. The summed E-state index contributed by atoms with van der Waals surface area (Å²) in [5.41, 5.74) is 4.57. The Morgan fingerprint density at radius 3 is 2.68 bits per heavy atom. The van der Waals surface area contributed by atoms with Crippen molar-refractivity contribution < 1.29 is 4.79 Å². The first-order valence-electron chi connectivity index (χ1n) is 4.98. The van der Waals surface area contributed by atoms with Gasteiger partial charge in [0.1, 0.15) is 5.71 Å². The molecule has 1 aromatic carbocycles. The Kier molecular flexibility index (Phi) is 4.25. The van der Waals surface area contributed by atoms with Gasteiger partial charge in [-0.05, 0) is 12.1 Å². The van der Waals surface area contributed by atoms with Gasteiger partial charge in [0.05, 0.1) is 26.8 Å². The van der Waals surface area contributed by atoms with Crippen molar-refractivity contribution in [1.29, 1.82) is 0 Å². The standard InChI is InChI=1S/C10H6Cl2N4OS.ClH/c11-4-1-6-7(2-5(4)12)14-9(13-6)8-3-18-10(17)16-15-8;/h1-2H,3H2,(H,13,14)(H,16,17);1H. The Balaban J connectivity index is 0.00000133. The Labute approximate surface area is 128 Å². The lowest BCUT2D eigenvalue weighted by atomic mass is 10.3. The molecule has 2 heterocycles. The maximum absolute atomic E-state index is 11.0. The highest BCUT2D eigenvalue weighted by Crippen LogP contribution is 2.27. The van der Waals surface area contributed by atoms with Crippen molar-refractivity contribution in [2.24, 2.45) is 5.10 Å². The van der Waals surface area contributed by atoms with Crippen molar-refractivity contribution in [3.63, 3.8) is 0 Å². The summed E-state index contributed by atoms with van der Waals surface area (Å²) < 4.78 is 0. The summed E-state index contributed by atoms with van der Waals surface area (Å²) in [5.74, 6) is 1.09. The maximum atomic E-state index is 11.0. The molecule has 1 aliphatic rings. The topological polar surface area (TPSA) is 70.1 Å². The third-order valence-corrected chi connectivity index (χ3v) is 3.91. The summed E-state index contributed by atoms with van der Waals surface area (Å²) in [5, 5.41) is 4.71. The second-order valence-corrected chi connectivity index (χ2v) is 5.38. The zero-order valence-electron chi connectivity index (χ0n) is 9.24. The zero-order valence-corrected chi connectivity index (χ0v) is 12.4. The highest BCUT2D eigenvalue weighted by Gasteiger charge is 2.17. The minimum atomic E-state index is -0.166. The number of hydrogen-bond acceptors (Lipinski definition) is 4. The van der Waals surface area contributed by atoms with Crippen LogP contribution in [0.3, 0.4) is 0 Å². The van der Waals surface area contributed by atoms with Crippen molar-refractivity contribution >= 4 is 69.4 Å². The number of carbonyl (C=O) groups excluding carboxylic acids is 1. The normalized spacial score (nSPS) is 14.8. The van der Waals surface area contributed by atoms with Crippen LogP contribution in [0.15, 0.2) is 17.2 Å². The van der Waals surface area contributed by atoms with Crippen LogP contribution in [0.2, 0.25) is 10.0 Å². The number of imidazole rings is 1. The minimum Gasteiger partial charge on any atom is -0.337 e. The van der Waals surface area contributed by atoms with E-state index in [2.05, 4.69) is 20.5 Å². The van der Waals surface area contributed by atoms with Gasteiger partial charge in [0, 0.05) is 0 Å². The van der Waals surface area contributed by atoms with Crippen molar-refractivity contribution in [3.8, 4) is 0 Å². The molecule has 0 bridgehead atoms. The summed E-state index contributed by atoms with van der Waals surface area (Å²) in [6, 6.07) is 3.40. The Hall–Kier alpha value is -0.950. The molecule has 9 heteroatoms. The molecule has 0 atom stereocenters. The number of thioether (sulfide) groups is 1. The van der Waals surface area contributed by atoms with Crippen molar-refractivity contribution in [2.45, 2.75) is 0 Å².